The highest BCUT2D eigenvalue weighted by Crippen LogP contribution is 2.36. The first-order chi connectivity index (χ1) is 23.8. The molecule has 14 heteroatoms. The average Bonchev–Trinajstić information content (AvgIpc) is 4.00. The number of benzene rings is 1. The van der Waals surface area contributed by atoms with E-state index in [0.29, 0.717) is 19.4 Å². The summed E-state index contributed by atoms with van der Waals surface area (Å²) in [6, 6.07) is 4.04. The maximum absolute atomic E-state index is 14.4. The number of Topliss-reactive ketones (excluding diaryl/α,β-unsaturated/α-hetero) is 1. The smallest absolute Gasteiger partial charge is 0.315 e. The molecule has 0 spiro atoms. The Balaban J connectivity index is 1.52. The summed E-state index contributed by atoms with van der Waals surface area (Å²) in [5.74, 6) is -2.78. The van der Waals surface area contributed by atoms with Crippen LogP contribution in [0.15, 0.2) is 35.2 Å². The number of primary amides is 1. The lowest BCUT2D eigenvalue weighted by Crippen LogP contribution is -2.62. The van der Waals surface area contributed by atoms with Crippen molar-refractivity contribution in [1.82, 2.24) is 25.2 Å². The number of nitrogens with one attached hydrogen (secondary N) is 3. The number of likely N-dealkylation sites (tertiary alicyclic amines) is 1. The van der Waals surface area contributed by atoms with Crippen LogP contribution < -0.4 is 21.7 Å². The van der Waals surface area contributed by atoms with Gasteiger partial charge in [0.15, 0.2) is 0 Å². The molecule has 3 fully saturated rings. The number of sulfonamides is 1. The summed E-state index contributed by atoms with van der Waals surface area (Å²) in [4.78, 5) is 68.2. The quantitative estimate of drug-likeness (QED) is 0.177. The van der Waals surface area contributed by atoms with E-state index in [0.717, 1.165) is 25.7 Å². The largest absolute Gasteiger partial charge is 0.363 e. The maximum atomic E-state index is 14.4. The summed E-state index contributed by atoms with van der Waals surface area (Å²) < 4.78 is 28.9. The molecule has 284 valence electrons. The van der Waals surface area contributed by atoms with Crippen molar-refractivity contribution < 1.29 is 32.4 Å². The van der Waals surface area contributed by atoms with E-state index in [2.05, 4.69) is 16.0 Å². The molecule has 5 atom stereocenters. The van der Waals surface area contributed by atoms with Gasteiger partial charge in [0.25, 0.3) is 5.91 Å². The van der Waals surface area contributed by atoms with Crippen molar-refractivity contribution in [2.45, 2.75) is 116 Å². The number of amides is 5. The van der Waals surface area contributed by atoms with Crippen molar-refractivity contribution in [2.75, 3.05) is 19.6 Å². The van der Waals surface area contributed by atoms with Gasteiger partial charge in [-0.2, -0.15) is 4.31 Å². The van der Waals surface area contributed by atoms with Crippen LogP contribution in [0.25, 0.3) is 0 Å². The molecule has 1 heterocycles. The second kappa shape index (κ2) is 16.4. The summed E-state index contributed by atoms with van der Waals surface area (Å²) in [5, 5.41) is 8.59. The van der Waals surface area contributed by atoms with Crippen LogP contribution in [0.3, 0.4) is 0 Å². The second-order valence-electron chi connectivity index (χ2n) is 16.5. The molecule has 1 saturated heterocycles. The van der Waals surface area contributed by atoms with E-state index in [1.165, 1.54) is 9.21 Å². The summed E-state index contributed by atoms with van der Waals surface area (Å²) >= 11 is 0. The summed E-state index contributed by atoms with van der Waals surface area (Å²) in [5.41, 5.74) is 4.54. The van der Waals surface area contributed by atoms with Gasteiger partial charge in [0.2, 0.25) is 27.6 Å². The topological polar surface area (TPSA) is 188 Å². The molecule has 5 amide bonds. The molecule has 1 aromatic carbocycles. The number of carbonyl (C=O) groups is 5. The van der Waals surface area contributed by atoms with Crippen molar-refractivity contribution in [3.63, 3.8) is 0 Å². The Hall–Kier alpha value is -3.52. The van der Waals surface area contributed by atoms with Crippen LogP contribution in [0.1, 0.15) is 87.0 Å². The minimum atomic E-state index is -3.82. The third-order valence-electron chi connectivity index (χ3n) is 10.4. The molecule has 0 radical (unpaired) electrons. The van der Waals surface area contributed by atoms with Crippen molar-refractivity contribution >= 4 is 39.6 Å². The fourth-order valence-electron chi connectivity index (χ4n) is 6.84. The Morgan fingerprint density at radius 1 is 0.902 bits per heavy atom. The molecule has 3 aliphatic rings. The zero-order valence-electron chi connectivity index (χ0n) is 31.2. The van der Waals surface area contributed by atoms with Crippen LogP contribution in [0.2, 0.25) is 0 Å². The van der Waals surface area contributed by atoms with Crippen LogP contribution in [0.5, 0.6) is 0 Å². The molecule has 51 heavy (non-hydrogen) atoms. The lowest BCUT2D eigenvalue weighted by molar-refractivity contribution is -0.144. The highest BCUT2D eigenvalue weighted by atomic mass is 32.2. The van der Waals surface area contributed by atoms with E-state index < -0.39 is 69.1 Å². The highest BCUT2D eigenvalue weighted by Gasteiger charge is 2.48. The zero-order chi connectivity index (χ0) is 37.8. The van der Waals surface area contributed by atoms with Gasteiger partial charge >= 0.3 is 6.03 Å². The monoisotopic (exact) mass is 730 g/mol. The Morgan fingerprint density at radius 2 is 1.51 bits per heavy atom. The Kier molecular flexibility index (Phi) is 13.0. The lowest BCUT2D eigenvalue weighted by atomic mass is 9.84. The van der Waals surface area contributed by atoms with E-state index in [9.17, 15) is 32.4 Å². The molecule has 1 aliphatic heterocycles. The number of rotatable bonds is 17. The Bertz CT molecular complexity index is 1540. The fourth-order valence-corrected chi connectivity index (χ4v) is 8.41. The van der Waals surface area contributed by atoms with Crippen LogP contribution >= 0.6 is 0 Å². The van der Waals surface area contributed by atoms with Crippen LogP contribution in [0, 0.1) is 35.0 Å². The molecular formula is C37H58N6O7S. The molecule has 5 N–H and O–H groups in total. The first-order valence-corrected chi connectivity index (χ1v) is 19.8. The predicted molar refractivity (Wildman–Crippen MR) is 193 cm³/mol. The standard InChI is InChI=1S/C37H58N6O7S/c1-22(2)27-17-18-43(30(27)34(46)39-28(19-24-13-14-24)31(44)33(38)45)35(47)32(37(5,6)7)41-36(48)40-29(23(3)4)21-42(20-25-15-16-25)51(49,50)26-11-9-8-10-12-26/h8-12,22-25,27-30,32H,13-21H2,1-7H3,(H2,38,45)(H,39,46)(H2,40,41,48)/t27-,28?,29-,30+,32-/m1/s1. The van der Waals surface area contributed by atoms with Gasteiger partial charge in [-0.25, -0.2) is 13.2 Å². The van der Waals surface area contributed by atoms with Gasteiger partial charge in [-0.3, -0.25) is 19.2 Å². The van der Waals surface area contributed by atoms with Crippen LogP contribution in [0.4, 0.5) is 4.79 Å². The van der Waals surface area contributed by atoms with E-state index in [1.54, 1.807) is 30.3 Å². The average molecular weight is 731 g/mol. The lowest BCUT2D eigenvalue weighted by Gasteiger charge is -2.37. The van der Waals surface area contributed by atoms with Gasteiger partial charge in [0, 0.05) is 25.7 Å². The molecule has 4 rings (SSSR count). The minimum Gasteiger partial charge on any atom is -0.363 e. The molecule has 0 aromatic heterocycles. The van der Waals surface area contributed by atoms with Crippen molar-refractivity contribution in [2.24, 2.45) is 40.7 Å². The van der Waals surface area contributed by atoms with E-state index >= 15 is 0 Å². The number of hydrogen-bond acceptors (Lipinski definition) is 7. The third-order valence-corrected chi connectivity index (χ3v) is 12.3. The second-order valence-corrected chi connectivity index (χ2v) is 18.4. The maximum Gasteiger partial charge on any atom is 0.315 e. The van der Waals surface area contributed by atoms with Gasteiger partial charge < -0.3 is 26.6 Å². The molecule has 1 unspecified atom stereocenters. The van der Waals surface area contributed by atoms with E-state index in [1.807, 2.05) is 48.5 Å². The number of urea groups is 1. The first kappa shape index (κ1) is 40.3. The van der Waals surface area contributed by atoms with Crippen molar-refractivity contribution in [1.29, 1.82) is 0 Å². The fraction of sp³-hybridized carbons (Fsp3) is 0.703. The molecular weight excluding hydrogens is 673 g/mol. The summed E-state index contributed by atoms with van der Waals surface area (Å²) in [6.45, 7) is 13.9. The number of nitrogens with two attached hydrogens (primary N) is 1. The van der Waals surface area contributed by atoms with E-state index in [-0.39, 0.29) is 47.6 Å². The van der Waals surface area contributed by atoms with Crippen molar-refractivity contribution in [3.8, 4) is 0 Å². The number of ketones is 1. The molecule has 0 bridgehead atoms. The van der Waals surface area contributed by atoms with Gasteiger partial charge in [0.05, 0.1) is 10.9 Å². The zero-order valence-corrected chi connectivity index (χ0v) is 32.0. The van der Waals surface area contributed by atoms with Gasteiger partial charge in [0.1, 0.15) is 12.1 Å². The van der Waals surface area contributed by atoms with Gasteiger partial charge in [-0.15, -0.1) is 0 Å². The third kappa shape index (κ3) is 10.5. The molecule has 2 aliphatic carbocycles. The number of nitrogens with zero attached hydrogens (tertiary/aromatic N) is 2. The first-order valence-electron chi connectivity index (χ1n) is 18.4. The SMILES string of the molecule is CC(C)[C@H]1CCN(C(=O)[C@@H](NC(=O)N[C@H](CN(CC2CC2)S(=O)(=O)c2ccccc2)C(C)C)C(C)(C)C)[C@@H]1C(=O)NC(CC1CC1)C(=O)C(N)=O. The van der Waals surface area contributed by atoms with Crippen LogP contribution in [-0.4, -0.2) is 91.0 Å². The Morgan fingerprint density at radius 3 is 2.02 bits per heavy atom. The molecule has 13 nitrogen and oxygen atoms in total. The van der Waals surface area contributed by atoms with Crippen LogP contribution in [-0.2, 0) is 29.2 Å². The van der Waals surface area contributed by atoms with E-state index in [4.69, 9.17) is 5.73 Å². The molecule has 2 saturated carbocycles. The normalized spacial score (nSPS) is 21.3. The van der Waals surface area contributed by atoms with Crippen molar-refractivity contribution in [3.05, 3.63) is 30.3 Å². The predicted octanol–water partition coefficient (Wildman–Crippen LogP) is 3.04. The number of carbonyl (C=O) groups excluding carboxylic acids is 5. The van der Waals surface area contributed by atoms with Gasteiger partial charge in [-0.1, -0.05) is 79.5 Å². The number of hydrogen-bond donors (Lipinski definition) is 4. The highest BCUT2D eigenvalue weighted by molar-refractivity contribution is 7.89. The summed E-state index contributed by atoms with van der Waals surface area (Å²) in [6.07, 6.45) is 4.57. The summed E-state index contributed by atoms with van der Waals surface area (Å²) in [7, 11) is -3.82. The Labute approximate surface area is 303 Å². The minimum absolute atomic E-state index is 0.0224. The molecule has 1 aromatic rings. The van der Waals surface area contributed by atoms with Gasteiger partial charge in [-0.05, 0) is 72.8 Å².